The molecule has 0 unspecified atom stereocenters. The Kier molecular flexibility index (Phi) is 4.68. The van der Waals surface area contributed by atoms with Crippen molar-refractivity contribution in [1.82, 2.24) is 14.8 Å². The number of ether oxygens (including phenoxy) is 1. The molecule has 2 aromatic rings. The molecule has 0 bridgehead atoms. The number of rotatable bonds is 5. The number of carbonyl (C=O) groups excluding carboxylic acids is 1. The summed E-state index contributed by atoms with van der Waals surface area (Å²) in [7, 11) is 0. The van der Waals surface area contributed by atoms with Crippen molar-refractivity contribution in [3.05, 3.63) is 33.5 Å². The number of nitrogens with zero attached hydrogens (tertiary/aromatic N) is 3. The summed E-state index contributed by atoms with van der Waals surface area (Å²) in [5, 5.41) is 4.98. The van der Waals surface area contributed by atoms with E-state index in [1.54, 1.807) is 13.1 Å². The third kappa shape index (κ3) is 3.14. The van der Waals surface area contributed by atoms with E-state index < -0.39 is 0 Å². The summed E-state index contributed by atoms with van der Waals surface area (Å²) >= 11 is 1.34. The Morgan fingerprint density at radius 1 is 1.45 bits per heavy atom. The Balaban J connectivity index is 2.18. The zero-order chi connectivity index (χ0) is 14.5. The van der Waals surface area contributed by atoms with E-state index in [-0.39, 0.29) is 5.97 Å². The third-order valence-corrected chi connectivity index (χ3v) is 3.82. The number of aryl methyl sites for hydroxylation is 2. The van der Waals surface area contributed by atoms with E-state index in [4.69, 9.17) is 4.74 Å². The molecule has 5 nitrogen and oxygen atoms in total. The van der Waals surface area contributed by atoms with E-state index in [9.17, 15) is 4.79 Å². The van der Waals surface area contributed by atoms with Gasteiger partial charge in [0.05, 0.1) is 18.0 Å². The molecule has 2 aromatic heterocycles. The van der Waals surface area contributed by atoms with E-state index in [1.807, 2.05) is 36.7 Å². The first-order valence-electron chi connectivity index (χ1n) is 6.50. The molecule has 6 heteroatoms. The molecule has 0 atom stereocenters. The van der Waals surface area contributed by atoms with Crippen LogP contribution in [0.2, 0.25) is 0 Å². The van der Waals surface area contributed by atoms with Crippen LogP contribution in [-0.4, -0.2) is 27.3 Å². The summed E-state index contributed by atoms with van der Waals surface area (Å²) in [6.45, 7) is 6.84. The molecule has 0 spiro atoms. The smallest absolute Gasteiger partial charge is 0.350 e. The van der Waals surface area contributed by atoms with Gasteiger partial charge in [-0.2, -0.15) is 5.10 Å². The van der Waals surface area contributed by atoms with Gasteiger partial charge in [-0.15, -0.1) is 11.3 Å². The maximum atomic E-state index is 11.7. The van der Waals surface area contributed by atoms with Gasteiger partial charge in [0.1, 0.15) is 9.88 Å². The summed E-state index contributed by atoms with van der Waals surface area (Å²) in [5.41, 5.74) is 1.72. The van der Waals surface area contributed by atoms with Gasteiger partial charge in [0.25, 0.3) is 0 Å². The predicted molar refractivity (Wildman–Crippen MR) is 79.6 cm³/mol. The van der Waals surface area contributed by atoms with Gasteiger partial charge in [-0.25, -0.2) is 9.78 Å². The van der Waals surface area contributed by atoms with Crippen molar-refractivity contribution in [3.8, 4) is 0 Å². The minimum absolute atomic E-state index is 0.305. The van der Waals surface area contributed by atoms with Crippen LogP contribution in [0.1, 0.15) is 39.9 Å². The molecule has 20 heavy (non-hydrogen) atoms. The average molecular weight is 291 g/mol. The Bertz CT molecular complexity index is 628. The summed E-state index contributed by atoms with van der Waals surface area (Å²) in [6, 6.07) is 1.94. The first-order chi connectivity index (χ1) is 9.65. The Morgan fingerprint density at radius 3 is 2.95 bits per heavy atom. The number of thiazole rings is 1. The molecular formula is C14H17N3O2S. The van der Waals surface area contributed by atoms with Crippen LogP contribution in [0.3, 0.4) is 0 Å². The lowest BCUT2D eigenvalue weighted by molar-refractivity contribution is 0.0531. The second-order valence-electron chi connectivity index (χ2n) is 4.09. The van der Waals surface area contributed by atoms with Crippen LogP contribution in [0, 0.1) is 6.92 Å². The standard InChI is InChI=1S/C14H17N3O2S/c1-4-17-11(8-9-15-17)6-7-12-16-10(3)13(20-12)14(18)19-5-2/h6-9H,4-5H2,1-3H3. The molecule has 0 saturated heterocycles. The highest BCUT2D eigenvalue weighted by molar-refractivity contribution is 7.14. The lowest BCUT2D eigenvalue weighted by atomic mass is 10.3. The van der Waals surface area contributed by atoms with Gasteiger partial charge in [-0.1, -0.05) is 0 Å². The van der Waals surface area contributed by atoms with Crippen molar-refractivity contribution >= 4 is 29.5 Å². The van der Waals surface area contributed by atoms with Gasteiger partial charge in [-0.05, 0) is 39.0 Å². The highest BCUT2D eigenvalue weighted by atomic mass is 32.1. The van der Waals surface area contributed by atoms with Crippen molar-refractivity contribution in [3.63, 3.8) is 0 Å². The van der Waals surface area contributed by atoms with E-state index >= 15 is 0 Å². The average Bonchev–Trinajstić information content (AvgIpc) is 3.02. The maximum Gasteiger partial charge on any atom is 0.350 e. The van der Waals surface area contributed by atoms with Crippen molar-refractivity contribution in [2.75, 3.05) is 6.61 Å². The number of carbonyl (C=O) groups is 1. The monoisotopic (exact) mass is 291 g/mol. The Morgan fingerprint density at radius 2 is 2.25 bits per heavy atom. The molecule has 0 radical (unpaired) electrons. The summed E-state index contributed by atoms with van der Waals surface area (Å²) in [5.74, 6) is -0.305. The number of esters is 1. The van der Waals surface area contributed by atoms with Crippen molar-refractivity contribution in [2.24, 2.45) is 0 Å². The second-order valence-corrected chi connectivity index (χ2v) is 5.12. The van der Waals surface area contributed by atoms with Crippen LogP contribution in [-0.2, 0) is 11.3 Å². The molecular weight excluding hydrogens is 274 g/mol. The van der Waals surface area contributed by atoms with Crippen LogP contribution in [0.4, 0.5) is 0 Å². The van der Waals surface area contributed by atoms with Crippen LogP contribution in [0.25, 0.3) is 12.2 Å². The second kappa shape index (κ2) is 6.47. The Hall–Kier alpha value is -1.95. The van der Waals surface area contributed by atoms with Crippen molar-refractivity contribution in [2.45, 2.75) is 27.3 Å². The summed E-state index contributed by atoms with van der Waals surface area (Å²) in [6.07, 6.45) is 5.60. The first-order valence-corrected chi connectivity index (χ1v) is 7.31. The van der Waals surface area contributed by atoms with E-state index in [1.165, 1.54) is 11.3 Å². The SMILES string of the molecule is CCOC(=O)c1sc(C=Cc2ccnn2CC)nc1C. The highest BCUT2D eigenvalue weighted by Gasteiger charge is 2.15. The van der Waals surface area contributed by atoms with Crippen LogP contribution in [0.5, 0.6) is 0 Å². The summed E-state index contributed by atoms with van der Waals surface area (Å²) < 4.78 is 6.89. The van der Waals surface area contributed by atoms with Gasteiger partial charge in [0.2, 0.25) is 0 Å². The molecule has 0 fully saturated rings. The molecule has 0 aliphatic carbocycles. The molecule has 2 heterocycles. The van der Waals surface area contributed by atoms with Crippen molar-refractivity contribution < 1.29 is 9.53 Å². The van der Waals surface area contributed by atoms with Gasteiger partial charge in [-0.3, -0.25) is 4.68 Å². The normalized spacial score (nSPS) is 11.2. The highest BCUT2D eigenvalue weighted by Crippen LogP contribution is 2.21. The van der Waals surface area contributed by atoms with Crippen LogP contribution >= 0.6 is 11.3 Å². The molecule has 0 aliphatic rings. The quantitative estimate of drug-likeness (QED) is 0.795. The Labute approximate surface area is 121 Å². The maximum absolute atomic E-state index is 11.7. The van der Waals surface area contributed by atoms with E-state index in [0.29, 0.717) is 17.2 Å². The molecule has 2 rings (SSSR count). The van der Waals surface area contributed by atoms with Crippen LogP contribution in [0.15, 0.2) is 12.3 Å². The topological polar surface area (TPSA) is 57.0 Å². The molecule has 106 valence electrons. The van der Waals surface area contributed by atoms with Gasteiger partial charge in [0, 0.05) is 12.7 Å². The molecule has 0 aliphatic heterocycles. The van der Waals surface area contributed by atoms with Gasteiger partial charge < -0.3 is 4.74 Å². The van der Waals surface area contributed by atoms with E-state index in [0.717, 1.165) is 17.2 Å². The fourth-order valence-electron chi connectivity index (χ4n) is 1.78. The minimum Gasteiger partial charge on any atom is -0.462 e. The van der Waals surface area contributed by atoms with Gasteiger partial charge >= 0.3 is 5.97 Å². The third-order valence-electron chi connectivity index (χ3n) is 2.72. The molecule has 0 aromatic carbocycles. The number of hydrogen-bond donors (Lipinski definition) is 0. The zero-order valence-electron chi connectivity index (χ0n) is 11.8. The molecule has 0 saturated carbocycles. The van der Waals surface area contributed by atoms with Crippen molar-refractivity contribution in [1.29, 1.82) is 0 Å². The molecule has 0 N–H and O–H groups in total. The number of aromatic nitrogens is 3. The largest absolute Gasteiger partial charge is 0.462 e. The summed E-state index contributed by atoms with van der Waals surface area (Å²) in [4.78, 5) is 16.7. The van der Waals surface area contributed by atoms with Crippen LogP contribution < -0.4 is 0 Å². The van der Waals surface area contributed by atoms with E-state index in [2.05, 4.69) is 10.1 Å². The predicted octanol–water partition coefficient (Wildman–Crippen LogP) is 3.02. The minimum atomic E-state index is -0.305. The van der Waals surface area contributed by atoms with Gasteiger partial charge in [0.15, 0.2) is 0 Å². The fraction of sp³-hybridized carbons (Fsp3) is 0.357. The number of hydrogen-bond acceptors (Lipinski definition) is 5. The lowest BCUT2D eigenvalue weighted by Crippen LogP contribution is -2.03. The zero-order valence-corrected chi connectivity index (χ0v) is 12.6. The fourth-order valence-corrected chi connectivity index (χ4v) is 2.64. The molecule has 0 amide bonds. The first kappa shape index (κ1) is 14.5. The lowest BCUT2D eigenvalue weighted by Gasteiger charge is -1.97.